The summed E-state index contributed by atoms with van der Waals surface area (Å²) in [6.07, 6.45) is 3.94. The van der Waals surface area contributed by atoms with Crippen molar-refractivity contribution in [3.63, 3.8) is 0 Å². The molecule has 0 spiro atoms. The number of hydrogen-bond donors (Lipinski definition) is 3. The number of hydrogen-bond acceptors (Lipinski definition) is 4. The molecule has 0 radical (unpaired) electrons. The molecule has 1 fully saturated rings. The van der Waals surface area contributed by atoms with Crippen molar-refractivity contribution >= 4 is 22.7 Å². The smallest absolute Gasteiger partial charge is 0.253 e. The summed E-state index contributed by atoms with van der Waals surface area (Å²) in [4.78, 5) is 26.9. The highest BCUT2D eigenvalue weighted by atomic mass is 16.3. The summed E-state index contributed by atoms with van der Waals surface area (Å²) in [5.74, 6) is -0.366. The van der Waals surface area contributed by atoms with Gasteiger partial charge in [-0.25, -0.2) is 0 Å². The number of likely N-dealkylation sites (tertiary alicyclic amines) is 1. The molecule has 7 nitrogen and oxygen atoms in total. The highest BCUT2D eigenvalue weighted by molar-refractivity contribution is 5.98. The summed E-state index contributed by atoms with van der Waals surface area (Å²) in [6, 6.07) is 5.23. The third kappa shape index (κ3) is 3.82. The number of carbonyl (C=O) groups is 2. The van der Waals surface area contributed by atoms with Gasteiger partial charge in [0.2, 0.25) is 5.91 Å². The zero-order valence-electron chi connectivity index (χ0n) is 14.4. The van der Waals surface area contributed by atoms with Crippen LogP contribution in [0.1, 0.15) is 36.5 Å². The molecule has 7 heteroatoms. The lowest BCUT2D eigenvalue weighted by Gasteiger charge is -2.32. The molecule has 2 heterocycles. The molecule has 25 heavy (non-hydrogen) atoms. The molecule has 0 aliphatic carbocycles. The average Bonchev–Trinajstić information content (AvgIpc) is 3.13. The van der Waals surface area contributed by atoms with Crippen molar-refractivity contribution in [1.82, 2.24) is 20.4 Å². The molecule has 2 atom stereocenters. The molecule has 1 aromatic carbocycles. The number of fused-ring (bicyclic) bond motifs is 1. The van der Waals surface area contributed by atoms with Gasteiger partial charge in [-0.1, -0.05) is 6.92 Å². The molecule has 1 aromatic heterocycles. The lowest BCUT2D eigenvalue weighted by atomic mass is 9.96. The van der Waals surface area contributed by atoms with Crippen LogP contribution in [0.15, 0.2) is 24.4 Å². The molecule has 0 bridgehead atoms. The van der Waals surface area contributed by atoms with Crippen molar-refractivity contribution in [1.29, 1.82) is 0 Å². The van der Waals surface area contributed by atoms with Crippen molar-refractivity contribution in [2.75, 3.05) is 19.7 Å². The van der Waals surface area contributed by atoms with Gasteiger partial charge in [-0.05, 0) is 37.5 Å². The lowest BCUT2D eigenvalue weighted by Crippen LogP contribution is -2.48. The first-order valence-corrected chi connectivity index (χ1v) is 8.76. The Balaban J connectivity index is 1.67. The molecule has 1 unspecified atom stereocenters. The SMILES string of the molecule is CC[C@@H](CO)NC(=O)C1CCCN(C(=O)c2ccc3[nH]ncc3c2)C1. The van der Waals surface area contributed by atoms with Crippen molar-refractivity contribution in [3.8, 4) is 0 Å². The minimum absolute atomic E-state index is 0.0604. The molecule has 2 aromatic rings. The van der Waals surface area contributed by atoms with E-state index in [4.69, 9.17) is 0 Å². The summed E-state index contributed by atoms with van der Waals surface area (Å²) >= 11 is 0. The largest absolute Gasteiger partial charge is 0.394 e. The molecule has 0 saturated carbocycles. The number of nitrogens with zero attached hydrogens (tertiary/aromatic N) is 2. The van der Waals surface area contributed by atoms with E-state index in [9.17, 15) is 14.7 Å². The second-order valence-electron chi connectivity index (χ2n) is 6.56. The quantitative estimate of drug-likeness (QED) is 0.761. The van der Waals surface area contributed by atoms with E-state index in [2.05, 4.69) is 15.5 Å². The van der Waals surface area contributed by atoms with Crippen molar-refractivity contribution < 1.29 is 14.7 Å². The lowest BCUT2D eigenvalue weighted by molar-refractivity contribution is -0.127. The fourth-order valence-electron chi connectivity index (χ4n) is 3.23. The molecule has 1 aliphatic heterocycles. The Labute approximate surface area is 146 Å². The number of piperidine rings is 1. The molecule has 1 aliphatic rings. The van der Waals surface area contributed by atoms with Gasteiger partial charge in [-0.15, -0.1) is 0 Å². The van der Waals surface area contributed by atoms with Crippen molar-refractivity contribution in [3.05, 3.63) is 30.0 Å². The molecule has 3 N–H and O–H groups in total. The van der Waals surface area contributed by atoms with Crippen LogP contribution in [0, 0.1) is 5.92 Å². The number of carbonyl (C=O) groups excluding carboxylic acids is 2. The Hall–Kier alpha value is -2.41. The predicted octanol–water partition coefficient (Wildman–Crippen LogP) is 1.30. The van der Waals surface area contributed by atoms with Gasteiger partial charge >= 0.3 is 0 Å². The van der Waals surface area contributed by atoms with Crippen LogP contribution in [0.2, 0.25) is 0 Å². The maximum absolute atomic E-state index is 12.8. The maximum Gasteiger partial charge on any atom is 0.253 e. The second kappa shape index (κ2) is 7.65. The Morgan fingerprint density at radius 2 is 2.32 bits per heavy atom. The molecular weight excluding hydrogens is 320 g/mol. The van der Waals surface area contributed by atoms with E-state index in [0.717, 1.165) is 23.7 Å². The number of benzene rings is 1. The summed E-state index contributed by atoms with van der Waals surface area (Å²) in [7, 11) is 0. The van der Waals surface area contributed by atoms with Gasteiger partial charge in [0.1, 0.15) is 0 Å². The Morgan fingerprint density at radius 1 is 1.48 bits per heavy atom. The van der Waals surface area contributed by atoms with E-state index in [1.165, 1.54) is 0 Å². The minimum atomic E-state index is -0.226. The van der Waals surface area contributed by atoms with Gasteiger partial charge in [0.25, 0.3) is 5.91 Å². The molecule has 3 rings (SSSR count). The number of aromatic nitrogens is 2. The minimum Gasteiger partial charge on any atom is -0.394 e. The first kappa shape index (κ1) is 17.4. The van der Waals surface area contributed by atoms with Crippen LogP contribution < -0.4 is 5.32 Å². The topological polar surface area (TPSA) is 98.3 Å². The third-order valence-corrected chi connectivity index (χ3v) is 4.83. The van der Waals surface area contributed by atoms with E-state index >= 15 is 0 Å². The number of aromatic amines is 1. The zero-order chi connectivity index (χ0) is 17.8. The Morgan fingerprint density at radius 3 is 3.08 bits per heavy atom. The summed E-state index contributed by atoms with van der Waals surface area (Å²) in [6.45, 7) is 2.92. The molecular formula is C18H24N4O3. The van der Waals surface area contributed by atoms with E-state index in [-0.39, 0.29) is 30.4 Å². The fourth-order valence-corrected chi connectivity index (χ4v) is 3.23. The summed E-state index contributed by atoms with van der Waals surface area (Å²) in [5, 5.41) is 19.8. The van der Waals surface area contributed by atoms with Gasteiger partial charge in [0.05, 0.1) is 30.3 Å². The van der Waals surface area contributed by atoms with Crippen molar-refractivity contribution in [2.24, 2.45) is 5.92 Å². The van der Waals surface area contributed by atoms with Crippen LogP contribution in [-0.4, -0.2) is 57.8 Å². The van der Waals surface area contributed by atoms with Gasteiger partial charge < -0.3 is 15.3 Å². The standard InChI is InChI=1S/C18H24N4O3/c1-2-15(11-23)20-17(24)13-4-3-7-22(10-13)18(25)12-5-6-16-14(8-12)9-19-21-16/h5-6,8-9,13,15,23H,2-4,7,10-11H2,1H3,(H,19,21)(H,20,24)/t13?,15-/m0/s1. The number of amides is 2. The van der Waals surface area contributed by atoms with Crippen LogP contribution in [0.4, 0.5) is 0 Å². The second-order valence-corrected chi connectivity index (χ2v) is 6.56. The van der Waals surface area contributed by atoms with Crippen LogP contribution >= 0.6 is 0 Å². The summed E-state index contributed by atoms with van der Waals surface area (Å²) < 4.78 is 0. The number of aliphatic hydroxyl groups excluding tert-OH is 1. The fraction of sp³-hybridized carbons (Fsp3) is 0.500. The van der Waals surface area contributed by atoms with E-state index in [1.807, 2.05) is 19.1 Å². The van der Waals surface area contributed by atoms with E-state index in [0.29, 0.717) is 25.1 Å². The Kier molecular flexibility index (Phi) is 5.33. The zero-order valence-corrected chi connectivity index (χ0v) is 14.4. The molecule has 1 saturated heterocycles. The van der Waals surface area contributed by atoms with E-state index < -0.39 is 0 Å². The highest BCUT2D eigenvalue weighted by Gasteiger charge is 2.29. The van der Waals surface area contributed by atoms with Crippen LogP contribution in [0.3, 0.4) is 0 Å². The number of H-pyrrole nitrogens is 1. The predicted molar refractivity (Wildman–Crippen MR) is 94.0 cm³/mol. The van der Waals surface area contributed by atoms with Crippen LogP contribution in [-0.2, 0) is 4.79 Å². The maximum atomic E-state index is 12.8. The molecule has 134 valence electrons. The first-order valence-electron chi connectivity index (χ1n) is 8.76. The van der Waals surface area contributed by atoms with E-state index in [1.54, 1.807) is 17.2 Å². The van der Waals surface area contributed by atoms with Gasteiger partial charge in [-0.2, -0.15) is 5.10 Å². The number of rotatable bonds is 5. The van der Waals surface area contributed by atoms with Gasteiger partial charge in [0.15, 0.2) is 0 Å². The number of nitrogens with one attached hydrogen (secondary N) is 2. The first-order chi connectivity index (χ1) is 12.1. The normalized spacial score (nSPS) is 19.0. The van der Waals surface area contributed by atoms with Gasteiger partial charge in [-0.3, -0.25) is 14.7 Å². The molecule has 2 amide bonds. The third-order valence-electron chi connectivity index (χ3n) is 4.83. The highest BCUT2D eigenvalue weighted by Crippen LogP contribution is 2.21. The van der Waals surface area contributed by atoms with Gasteiger partial charge in [0, 0.05) is 24.0 Å². The number of aliphatic hydroxyl groups is 1. The summed E-state index contributed by atoms with van der Waals surface area (Å²) in [5.41, 5.74) is 1.50. The van der Waals surface area contributed by atoms with Crippen LogP contribution in [0.25, 0.3) is 10.9 Å². The van der Waals surface area contributed by atoms with Crippen LogP contribution in [0.5, 0.6) is 0 Å². The Bertz CT molecular complexity index is 754. The monoisotopic (exact) mass is 344 g/mol. The van der Waals surface area contributed by atoms with Crippen molar-refractivity contribution in [2.45, 2.75) is 32.2 Å². The average molecular weight is 344 g/mol.